The molecule has 7 heteroatoms. The second kappa shape index (κ2) is 13.6. The summed E-state index contributed by atoms with van der Waals surface area (Å²) in [5.74, 6) is 1.27. The third-order valence-electron chi connectivity index (χ3n) is 4.97. The van der Waals surface area contributed by atoms with Crippen molar-refractivity contribution in [1.29, 1.82) is 0 Å². The molecule has 0 aliphatic carbocycles. The summed E-state index contributed by atoms with van der Waals surface area (Å²) < 4.78 is 1.99. The van der Waals surface area contributed by atoms with Crippen LogP contribution in [-0.2, 0) is 6.54 Å². The molecule has 6 nitrogen and oxygen atoms in total. The molecule has 0 aliphatic rings. The fourth-order valence-corrected chi connectivity index (χ4v) is 3.40. The van der Waals surface area contributed by atoms with Gasteiger partial charge in [0.25, 0.3) is 0 Å². The molecule has 1 aromatic heterocycles. The minimum absolute atomic E-state index is 0. The van der Waals surface area contributed by atoms with Crippen LogP contribution in [0.5, 0.6) is 0 Å². The van der Waals surface area contributed by atoms with Crippen LogP contribution in [0.1, 0.15) is 50.1 Å². The summed E-state index contributed by atoms with van der Waals surface area (Å²) in [6.45, 7) is 10.8. The van der Waals surface area contributed by atoms with E-state index in [0.29, 0.717) is 12.5 Å². The molecule has 2 rings (SSSR count). The van der Waals surface area contributed by atoms with Crippen LogP contribution in [0, 0.1) is 19.8 Å². The molecule has 0 radical (unpaired) electrons. The second-order valence-electron chi connectivity index (χ2n) is 7.14. The molecule has 0 amide bonds. The van der Waals surface area contributed by atoms with Gasteiger partial charge in [-0.15, -0.1) is 24.0 Å². The van der Waals surface area contributed by atoms with Gasteiger partial charge in [0.2, 0.25) is 0 Å². The van der Waals surface area contributed by atoms with Gasteiger partial charge in [-0.25, -0.2) is 9.67 Å². The first-order chi connectivity index (χ1) is 13.6. The highest BCUT2D eigenvalue weighted by molar-refractivity contribution is 14.0. The normalized spacial score (nSPS) is 12.4. The smallest absolute Gasteiger partial charge is 0.191 e. The summed E-state index contributed by atoms with van der Waals surface area (Å²) in [7, 11) is 0. The minimum atomic E-state index is 0. The average Bonchev–Trinajstić information content (AvgIpc) is 2.98. The molecule has 0 bridgehead atoms. The lowest BCUT2D eigenvalue weighted by atomic mass is 10.0. The van der Waals surface area contributed by atoms with Gasteiger partial charge in [0.05, 0.1) is 17.9 Å². The number of guanidine groups is 1. The lowest BCUT2D eigenvalue weighted by molar-refractivity contribution is 0.251. The number of aliphatic hydroxyl groups excluding tert-OH is 1. The zero-order valence-corrected chi connectivity index (χ0v) is 20.4. The highest BCUT2D eigenvalue weighted by Gasteiger charge is 2.13. The Bertz CT molecular complexity index is 739. The zero-order valence-electron chi connectivity index (χ0n) is 18.1. The Morgan fingerprint density at radius 2 is 1.86 bits per heavy atom. The summed E-state index contributed by atoms with van der Waals surface area (Å²) in [6.07, 6.45) is 3.05. The van der Waals surface area contributed by atoms with E-state index in [1.165, 1.54) is 0 Å². The first-order valence-corrected chi connectivity index (χ1v) is 10.3. The average molecular weight is 513 g/mol. The van der Waals surface area contributed by atoms with Crippen molar-refractivity contribution in [3.05, 3.63) is 47.3 Å². The molecule has 162 valence electrons. The van der Waals surface area contributed by atoms with Crippen LogP contribution in [0.25, 0.3) is 5.69 Å². The van der Waals surface area contributed by atoms with Crippen molar-refractivity contribution in [2.75, 3.05) is 19.7 Å². The third kappa shape index (κ3) is 7.62. The summed E-state index contributed by atoms with van der Waals surface area (Å²) in [4.78, 5) is 4.78. The number of halogens is 1. The Hall–Kier alpha value is -1.61. The predicted molar refractivity (Wildman–Crippen MR) is 131 cm³/mol. The number of benzene rings is 1. The van der Waals surface area contributed by atoms with Gasteiger partial charge >= 0.3 is 0 Å². The van der Waals surface area contributed by atoms with Crippen molar-refractivity contribution in [3.8, 4) is 5.69 Å². The molecule has 2 aromatic rings. The van der Waals surface area contributed by atoms with Crippen LogP contribution in [0.4, 0.5) is 0 Å². The van der Waals surface area contributed by atoms with Gasteiger partial charge in [0.15, 0.2) is 5.96 Å². The van der Waals surface area contributed by atoms with Gasteiger partial charge in [-0.3, -0.25) is 0 Å². The Kier molecular flexibility index (Phi) is 11.9. The second-order valence-corrected chi connectivity index (χ2v) is 7.14. The standard InChI is InChI=1S/C22H35N5O.HI/c1-5-10-19(13-14-28)15-24-22(23-6-2)25-16-21-17(3)26-27(18(21)4)20-11-8-7-9-12-20;/h7-9,11-12,19,28H,5-6,10,13-16H2,1-4H3,(H2,23,24,25);1H. The first-order valence-electron chi connectivity index (χ1n) is 10.3. The van der Waals surface area contributed by atoms with E-state index in [1.807, 2.05) is 29.8 Å². The molecule has 1 heterocycles. The summed E-state index contributed by atoms with van der Waals surface area (Å²) in [6, 6.07) is 10.2. The van der Waals surface area contributed by atoms with Crippen molar-refractivity contribution in [2.24, 2.45) is 10.9 Å². The maximum Gasteiger partial charge on any atom is 0.191 e. The maximum absolute atomic E-state index is 9.26. The van der Waals surface area contributed by atoms with Crippen LogP contribution >= 0.6 is 24.0 Å². The van der Waals surface area contributed by atoms with Crippen LogP contribution in [-0.4, -0.2) is 40.5 Å². The van der Waals surface area contributed by atoms with Crippen molar-refractivity contribution in [1.82, 2.24) is 20.4 Å². The summed E-state index contributed by atoms with van der Waals surface area (Å²) >= 11 is 0. The fourth-order valence-electron chi connectivity index (χ4n) is 3.40. The number of hydrogen-bond acceptors (Lipinski definition) is 3. The molecule has 0 saturated carbocycles. The highest BCUT2D eigenvalue weighted by atomic mass is 127. The molecule has 1 aromatic carbocycles. The van der Waals surface area contributed by atoms with Crippen molar-refractivity contribution < 1.29 is 5.11 Å². The number of hydrogen-bond donors (Lipinski definition) is 3. The van der Waals surface area contributed by atoms with Crippen LogP contribution < -0.4 is 10.6 Å². The van der Waals surface area contributed by atoms with E-state index in [1.54, 1.807) is 0 Å². The lowest BCUT2D eigenvalue weighted by Crippen LogP contribution is -2.40. The molecule has 0 saturated heterocycles. The summed E-state index contributed by atoms with van der Waals surface area (Å²) in [5, 5.41) is 20.7. The molecule has 0 spiro atoms. The van der Waals surface area contributed by atoms with Crippen LogP contribution in [0.3, 0.4) is 0 Å². The fraction of sp³-hybridized carbons (Fsp3) is 0.545. The number of para-hydroxylation sites is 1. The highest BCUT2D eigenvalue weighted by Crippen LogP contribution is 2.18. The van der Waals surface area contributed by atoms with E-state index in [4.69, 9.17) is 10.1 Å². The quantitative estimate of drug-likeness (QED) is 0.256. The topological polar surface area (TPSA) is 74.5 Å². The Balaban J connectivity index is 0.00000420. The van der Waals surface area contributed by atoms with Crippen LogP contribution in [0.15, 0.2) is 35.3 Å². The third-order valence-corrected chi connectivity index (χ3v) is 4.97. The largest absolute Gasteiger partial charge is 0.396 e. The Morgan fingerprint density at radius 1 is 1.14 bits per heavy atom. The number of aliphatic hydroxyl groups is 1. The number of nitrogens with zero attached hydrogens (tertiary/aromatic N) is 3. The SMILES string of the molecule is CCCC(CCO)CNC(=NCc1c(C)nn(-c2ccccc2)c1C)NCC.I. The predicted octanol–water partition coefficient (Wildman–Crippen LogP) is 3.96. The van der Waals surface area contributed by atoms with E-state index in [0.717, 1.165) is 61.0 Å². The first kappa shape index (κ1) is 25.4. The van der Waals surface area contributed by atoms with Gasteiger partial charge in [0.1, 0.15) is 0 Å². The monoisotopic (exact) mass is 513 g/mol. The molecule has 29 heavy (non-hydrogen) atoms. The number of aliphatic imine (C=N–C) groups is 1. The molecule has 3 N–H and O–H groups in total. The maximum atomic E-state index is 9.26. The van der Waals surface area contributed by atoms with Gasteiger partial charge in [-0.1, -0.05) is 31.5 Å². The number of nitrogens with one attached hydrogen (secondary N) is 2. The van der Waals surface area contributed by atoms with E-state index in [-0.39, 0.29) is 30.6 Å². The van der Waals surface area contributed by atoms with Crippen molar-refractivity contribution in [3.63, 3.8) is 0 Å². The van der Waals surface area contributed by atoms with E-state index < -0.39 is 0 Å². The number of rotatable bonds is 10. The van der Waals surface area contributed by atoms with Gasteiger partial charge in [-0.2, -0.15) is 5.10 Å². The van der Waals surface area contributed by atoms with Crippen molar-refractivity contribution >= 4 is 29.9 Å². The molecule has 1 unspecified atom stereocenters. The zero-order chi connectivity index (χ0) is 20.4. The van der Waals surface area contributed by atoms with E-state index >= 15 is 0 Å². The lowest BCUT2D eigenvalue weighted by Gasteiger charge is -2.18. The van der Waals surface area contributed by atoms with Crippen LogP contribution in [0.2, 0.25) is 0 Å². The summed E-state index contributed by atoms with van der Waals surface area (Å²) in [5.41, 5.74) is 4.34. The molecular formula is C22H36IN5O. The number of aromatic nitrogens is 2. The minimum Gasteiger partial charge on any atom is -0.396 e. The van der Waals surface area contributed by atoms with E-state index in [9.17, 15) is 5.11 Å². The van der Waals surface area contributed by atoms with E-state index in [2.05, 4.69) is 43.5 Å². The molecular weight excluding hydrogens is 477 g/mol. The van der Waals surface area contributed by atoms with Gasteiger partial charge < -0.3 is 15.7 Å². The van der Waals surface area contributed by atoms with Crippen molar-refractivity contribution in [2.45, 2.75) is 53.5 Å². The Labute approximate surface area is 192 Å². The molecule has 0 aliphatic heterocycles. The Morgan fingerprint density at radius 3 is 2.48 bits per heavy atom. The van der Waals surface area contributed by atoms with Gasteiger partial charge in [0, 0.05) is 31.0 Å². The van der Waals surface area contributed by atoms with Gasteiger partial charge in [-0.05, 0) is 51.7 Å². The molecule has 0 fully saturated rings. The molecule has 1 atom stereocenters. The number of aryl methyl sites for hydroxylation is 1.